The van der Waals surface area contributed by atoms with Gasteiger partial charge in [-0.1, -0.05) is 50.0 Å². The molecule has 0 atom stereocenters. The maximum absolute atomic E-state index is 10.2. The van der Waals surface area contributed by atoms with Gasteiger partial charge < -0.3 is 15.0 Å². The number of carboxylic acid groups (broad SMARTS) is 1. The summed E-state index contributed by atoms with van der Waals surface area (Å²) in [7, 11) is 0. The van der Waals surface area contributed by atoms with Crippen molar-refractivity contribution in [1.82, 2.24) is 0 Å². The fourth-order valence-electron chi connectivity index (χ4n) is 2.44. The summed E-state index contributed by atoms with van der Waals surface area (Å²) in [5.74, 6) is -0.949. The average molecular weight is 346 g/mol. The Morgan fingerprint density at radius 3 is 1.46 bits per heavy atom. The zero-order valence-electron chi connectivity index (χ0n) is 15.7. The van der Waals surface area contributed by atoms with Crippen LogP contribution in [0.5, 0.6) is 0 Å². The molecule has 24 heavy (non-hydrogen) atoms. The first-order valence-electron chi connectivity index (χ1n) is 9.38. The summed E-state index contributed by atoms with van der Waals surface area (Å²) in [5, 5.41) is 18.9. The molecule has 4 heteroatoms. The average Bonchev–Trinajstić information content (AvgIpc) is 2.53. The van der Waals surface area contributed by atoms with Gasteiger partial charge in [0.25, 0.3) is 0 Å². The van der Waals surface area contributed by atoms with Crippen LogP contribution >= 0.6 is 0 Å². The van der Waals surface area contributed by atoms with Crippen molar-refractivity contribution in [2.45, 2.75) is 89.9 Å². The topological polar surface area (TPSA) is 60.4 Å². The Kier molecular flexibility index (Phi) is 25.0. The van der Waals surface area contributed by atoms with E-state index in [9.17, 15) is 9.90 Å². The van der Waals surface area contributed by atoms with Crippen molar-refractivity contribution in [3.05, 3.63) is 24.3 Å². The first-order chi connectivity index (χ1) is 11.3. The first-order valence-corrected chi connectivity index (χ1v) is 9.38. The van der Waals surface area contributed by atoms with Crippen molar-refractivity contribution in [2.75, 3.05) is 6.61 Å². The molecule has 0 heterocycles. The third-order valence-corrected chi connectivity index (χ3v) is 3.86. The molecular formula is C20H35NaO3. The van der Waals surface area contributed by atoms with Crippen LogP contribution in [0.25, 0.3) is 0 Å². The first kappa shape index (κ1) is 26.1. The molecular weight excluding hydrogens is 311 g/mol. The Labute approximate surface area is 170 Å². The normalized spacial score (nSPS) is 11.2. The molecule has 0 fully saturated rings. The number of aliphatic hydroxyl groups is 1. The van der Waals surface area contributed by atoms with Crippen molar-refractivity contribution in [1.29, 1.82) is 0 Å². The van der Waals surface area contributed by atoms with E-state index in [1.54, 1.807) is 0 Å². The number of hydrogen-bond acceptors (Lipinski definition) is 3. The van der Waals surface area contributed by atoms with Gasteiger partial charge in [-0.2, -0.15) is 0 Å². The Morgan fingerprint density at radius 1 is 0.667 bits per heavy atom. The minimum atomic E-state index is -0.949. The van der Waals surface area contributed by atoms with Crippen molar-refractivity contribution in [3.63, 3.8) is 0 Å². The number of aliphatic hydroxyl groups excluding tert-OH is 1. The molecule has 0 amide bonds. The maximum atomic E-state index is 10.2. The summed E-state index contributed by atoms with van der Waals surface area (Å²) in [5.41, 5.74) is 0. The molecule has 3 nitrogen and oxygen atoms in total. The van der Waals surface area contributed by atoms with Crippen molar-refractivity contribution in [2.24, 2.45) is 0 Å². The fraction of sp³-hybridized carbons (Fsp3) is 0.750. The Bertz CT molecular complexity index is 314. The monoisotopic (exact) mass is 346 g/mol. The van der Waals surface area contributed by atoms with Gasteiger partial charge in [0.1, 0.15) is 0 Å². The van der Waals surface area contributed by atoms with E-state index in [2.05, 4.69) is 24.3 Å². The van der Waals surface area contributed by atoms with Gasteiger partial charge in [0, 0.05) is 12.6 Å². The molecule has 0 rings (SSSR count). The number of carboxylic acids is 1. The maximum Gasteiger partial charge on any atom is 1.00 e. The second kappa shape index (κ2) is 22.9. The zero-order valence-corrected chi connectivity index (χ0v) is 17.7. The van der Waals surface area contributed by atoms with E-state index in [1.807, 2.05) is 0 Å². The van der Waals surface area contributed by atoms with Crippen molar-refractivity contribution < 1.29 is 44.6 Å². The smallest absolute Gasteiger partial charge is 0.550 e. The molecule has 0 aromatic rings. The van der Waals surface area contributed by atoms with Gasteiger partial charge >= 0.3 is 29.6 Å². The van der Waals surface area contributed by atoms with E-state index < -0.39 is 5.97 Å². The molecule has 134 valence electrons. The van der Waals surface area contributed by atoms with Crippen molar-refractivity contribution in [3.8, 4) is 0 Å². The molecule has 0 saturated heterocycles. The second-order valence-electron chi connectivity index (χ2n) is 6.13. The molecule has 0 spiro atoms. The third kappa shape index (κ3) is 24.2. The Balaban J connectivity index is 0. The van der Waals surface area contributed by atoms with E-state index in [-0.39, 0.29) is 36.0 Å². The van der Waals surface area contributed by atoms with Crippen LogP contribution in [0.15, 0.2) is 24.3 Å². The van der Waals surface area contributed by atoms with Gasteiger partial charge in [0.05, 0.1) is 0 Å². The zero-order chi connectivity index (χ0) is 17.0. The summed E-state index contributed by atoms with van der Waals surface area (Å²) in [6.07, 6.45) is 23.7. The van der Waals surface area contributed by atoms with Crippen molar-refractivity contribution >= 4 is 5.97 Å². The van der Waals surface area contributed by atoms with Crippen LogP contribution in [0.4, 0.5) is 0 Å². The SMILES string of the molecule is O=C([O-])CCC/C=C\CCCCCCC/C=C\CCCCCO.[Na+]. The summed E-state index contributed by atoms with van der Waals surface area (Å²) in [6, 6.07) is 0. The minimum absolute atomic E-state index is 0. The second-order valence-corrected chi connectivity index (χ2v) is 6.13. The molecule has 1 N–H and O–H groups in total. The number of hydrogen-bond donors (Lipinski definition) is 1. The van der Waals surface area contributed by atoms with Crippen LogP contribution in [0.1, 0.15) is 89.9 Å². The van der Waals surface area contributed by atoms with Crippen LogP contribution in [-0.4, -0.2) is 17.7 Å². The molecule has 0 radical (unpaired) electrons. The fourth-order valence-corrected chi connectivity index (χ4v) is 2.44. The van der Waals surface area contributed by atoms with Gasteiger partial charge in [-0.15, -0.1) is 0 Å². The predicted molar refractivity (Wildman–Crippen MR) is 95.0 cm³/mol. The van der Waals surface area contributed by atoms with Crippen LogP contribution in [0.2, 0.25) is 0 Å². The van der Waals surface area contributed by atoms with E-state index in [0.717, 1.165) is 32.1 Å². The summed E-state index contributed by atoms with van der Waals surface area (Å²) < 4.78 is 0. The van der Waals surface area contributed by atoms with Crippen LogP contribution in [0.3, 0.4) is 0 Å². The van der Waals surface area contributed by atoms with Gasteiger partial charge in [0.2, 0.25) is 0 Å². The molecule has 0 unspecified atom stereocenters. The van der Waals surface area contributed by atoms with E-state index >= 15 is 0 Å². The third-order valence-electron chi connectivity index (χ3n) is 3.86. The largest absolute Gasteiger partial charge is 1.00 e. The molecule has 0 saturated carbocycles. The van der Waals surface area contributed by atoms with E-state index in [4.69, 9.17) is 5.11 Å². The molecule has 0 bridgehead atoms. The Morgan fingerprint density at radius 2 is 1.04 bits per heavy atom. The van der Waals surface area contributed by atoms with Gasteiger partial charge in [-0.05, 0) is 64.2 Å². The van der Waals surface area contributed by atoms with Gasteiger partial charge in [0.15, 0.2) is 0 Å². The molecule has 0 aliphatic rings. The summed E-state index contributed by atoms with van der Waals surface area (Å²) in [4.78, 5) is 10.2. The van der Waals surface area contributed by atoms with Crippen LogP contribution in [0, 0.1) is 0 Å². The number of aliphatic carboxylic acids is 1. The molecule has 0 aromatic carbocycles. The molecule has 0 aliphatic heterocycles. The van der Waals surface area contributed by atoms with Gasteiger partial charge in [-0.25, -0.2) is 0 Å². The Hall–Kier alpha value is -0.0900. The number of rotatable bonds is 17. The van der Waals surface area contributed by atoms with Crippen LogP contribution in [-0.2, 0) is 4.79 Å². The molecule has 0 aliphatic carbocycles. The van der Waals surface area contributed by atoms with E-state index in [1.165, 1.54) is 44.9 Å². The predicted octanol–water partition coefficient (Wildman–Crippen LogP) is 1.31. The number of allylic oxidation sites excluding steroid dienone is 4. The quantitative estimate of drug-likeness (QED) is 0.245. The van der Waals surface area contributed by atoms with Crippen LogP contribution < -0.4 is 34.7 Å². The number of carbonyl (C=O) groups excluding carboxylic acids is 1. The summed E-state index contributed by atoms with van der Waals surface area (Å²) in [6.45, 7) is 0.321. The minimum Gasteiger partial charge on any atom is -0.550 e. The van der Waals surface area contributed by atoms with E-state index in [0.29, 0.717) is 13.0 Å². The van der Waals surface area contributed by atoms with Gasteiger partial charge in [-0.3, -0.25) is 0 Å². The number of unbranched alkanes of at least 4 members (excludes halogenated alkanes) is 10. The summed E-state index contributed by atoms with van der Waals surface area (Å²) >= 11 is 0. The standard InChI is InChI=1S/C20H36O3.Na/c21-19-17-15-13-11-9-7-5-3-1-2-4-6-8-10-12-14-16-18-20(22)23;/h7,9-10,12,21H,1-6,8,11,13-19H2,(H,22,23);/q;+1/p-1/b9-7-,12-10-;. The molecule has 0 aromatic heterocycles. The number of carbonyl (C=O) groups is 1.